The van der Waals surface area contributed by atoms with Crippen LogP contribution in [0.5, 0.6) is 0 Å². The molecule has 0 aliphatic rings. The van der Waals surface area contributed by atoms with Gasteiger partial charge >= 0.3 is 7.82 Å². The van der Waals surface area contributed by atoms with Gasteiger partial charge in [0, 0.05) is 5.25 Å². The van der Waals surface area contributed by atoms with Gasteiger partial charge in [0.1, 0.15) is 4.70 Å². The van der Waals surface area contributed by atoms with Crippen LogP contribution in [0.3, 0.4) is 0 Å². The predicted molar refractivity (Wildman–Crippen MR) is 139 cm³/mol. The summed E-state index contributed by atoms with van der Waals surface area (Å²) in [7, 11) is -4.16. The summed E-state index contributed by atoms with van der Waals surface area (Å²) < 4.78 is 23.3. The number of nitrogens with one attached hydrogen (secondary N) is 1. The Hall–Kier alpha value is -1.75. The zero-order valence-corrected chi connectivity index (χ0v) is 22.5. The molecule has 3 unspecified atom stereocenters. The summed E-state index contributed by atoms with van der Waals surface area (Å²) in [6.45, 7) is 9.57. The Morgan fingerprint density at radius 3 is 2.50 bits per heavy atom. The van der Waals surface area contributed by atoms with E-state index in [2.05, 4.69) is 48.2 Å². The number of nitrogens with zero attached hydrogens (tertiary/aromatic N) is 3. The number of fused-ring (bicyclic) bond motifs is 1. The first-order valence-corrected chi connectivity index (χ1v) is 14.3. The third-order valence-corrected chi connectivity index (χ3v) is 7.74. The van der Waals surface area contributed by atoms with E-state index in [0.717, 1.165) is 4.70 Å². The Morgan fingerprint density at radius 2 is 1.85 bits per heavy atom. The minimum absolute atomic E-state index is 0.0264. The van der Waals surface area contributed by atoms with Crippen molar-refractivity contribution in [2.75, 3.05) is 17.7 Å². The predicted octanol–water partition coefficient (Wildman–Crippen LogP) is 5.89. The number of nitrogens with two attached hydrogens (primary N) is 1. The van der Waals surface area contributed by atoms with Gasteiger partial charge in [-0.3, -0.25) is 9.05 Å². The molecule has 2 aromatic heterocycles. The van der Waals surface area contributed by atoms with Crippen molar-refractivity contribution in [1.29, 1.82) is 0 Å². The Balaban J connectivity index is 1.85. The Labute approximate surface area is 208 Å². The summed E-state index contributed by atoms with van der Waals surface area (Å²) >= 11 is 2.82. The van der Waals surface area contributed by atoms with E-state index in [1.165, 1.54) is 28.7 Å². The molecule has 0 bridgehead atoms. The van der Waals surface area contributed by atoms with Gasteiger partial charge in [0.05, 0.1) is 18.8 Å². The molecule has 4 N–H and O–H groups in total. The molecule has 2 heterocycles. The van der Waals surface area contributed by atoms with Crippen molar-refractivity contribution in [1.82, 2.24) is 15.0 Å². The number of thioether (sulfide) groups is 1. The van der Waals surface area contributed by atoms with Crippen molar-refractivity contribution in [3.05, 3.63) is 35.9 Å². The number of phosphoric acid groups is 1. The topological polar surface area (TPSA) is 132 Å². The van der Waals surface area contributed by atoms with E-state index in [0.29, 0.717) is 34.1 Å². The average Bonchev–Trinajstić information content (AvgIpc) is 3.12. The normalized spacial score (nSPS) is 15.5. The van der Waals surface area contributed by atoms with E-state index in [9.17, 15) is 9.46 Å². The van der Waals surface area contributed by atoms with Crippen molar-refractivity contribution in [2.24, 2.45) is 5.92 Å². The van der Waals surface area contributed by atoms with Crippen LogP contribution in [0.2, 0.25) is 0 Å². The minimum Gasteiger partial charge on any atom is -0.375 e. The molecule has 3 aromatic rings. The zero-order chi connectivity index (χ0) is 24.9. The molecule has 9 nitrogen and oxygen atoms in total. The monoisotopic (exact) mass is 525 g/mol. The van der Waals surface area contributed by atoms with E-state index in [4.69, 9.17) is 19.8 Å². The largest absolute Gasteiger partial charge is 0.472 e. The molecule has 0 radical (unpaired) electrons. The van der Waals surface area contributed by atoms with Crippen LogP contribution in [0, 0.1) is 5.92 Å². The second kappa shape index (κ2) is 11.8. The third-order valence-electron chi connectivity index (χ3n) is 4.68. The smallest absolute Gasteiger partial charge is 0.375 e. The molecule has 0 aliphatic heterocycles. The lowest BCUT2D eigenvalue weighted by molar-refractivity contribution is 0.115. The molecule has 3 atom stereocenters. The number of phosphoric ester groups is 1. The highest BCUT2D eigenvalue weighted by atomic mass is 32.2. The van der Waals surface area contributed by atoms with Gasteiger partial charge in [-0.2, -0.15) is 0 Å². The second-order valence-electron chi connectivity index (χ2n) is 8.62. The number of hydrogen-bond donors (Lipinski definition) is 3. The molecule has 0 saturated heterocycles. The van der Waals surface area contributed by atoms with E-state index in [1.807, 2.05) is 18.2 Å². The van der Waals surface area contributed by atoms with Crippen LogP contribution < -0.4 is 11.1 Å². The van der Waals surface area contributed by atoms with Crippen molar-refractivity contribution in [3.8, 4) is 0 Å². The minimum atomic E-state index is -4.16. The van der Waals surface area contributed by atoms with Crippen molar-refractivity contribution in [2.45, 2.75) is 63.6 Å². The number of hydrogen-bond acceptors (Lipinski definition) is 10. The lowest BCUT2D eigenvalue weighted by Gasteiger charge is -2.23. The first-order chi connectivity index (χ1) is 16.0. The number of benzene rings is 1. The molecule has 12 heteroatoms. The van der Waals surface area contributed by atoms with Crippen LogP contribution >= 0.6 is 30.9 Å². The van der Waals surface area contributed by atoms with Gasteiger partial charge < -0.3 is 15.9 Å². The molecule has 0 amide bonds. The summed E-state index contributed by atoms with van der Waals surface area (Å²) in [4.78, 5) is 23.7. The highest BCUT2D eigenvalue weighted by Gasteiger charge is 2.26. The molecular weight excluding hydrogens is 493 g/mol. The summed E-state index contributed by atoms with van der Waals surface area (Å²) in [6, 6.07) is 9.84. The van der Waals surface area contributed by atoms with Crippen LogP contribution in [0.1, 0.15) is 51.9 Å². The lowest BCUT2D eigenvalue weighted by Crippen LogP contribution is -2.28. The van der Waals surface area contributed by atoms with Gasteiger partial charge in [0.25, 0.3) is 0 Å². The number of aromatic nitrogens is 3. The van der Waals surface area contributed by atoms with Crippen LogP contribution in [-0.4, -0.2) is 38.6 Å². The van der Waals surface area contributed by atoms with Crippen molar-refractivity contribution >= 4 is 52.2 Å². The first-order valence-electron chi connectivity index (χ1n) is 11.1. The first kappa shape index (κ1) is 26.8. The van der Waals surface area contributed by atoms with Gasteiger partial charge in [0.2, 0.25) is 0 Å². The average molecular weight is 526 g/mol. The summed E-state index contributed by atoms with van der Waals surface area (Å²) in [5.41, 5.74) is 7.65. The van der Waals surface area contributed by atoms with Crippen LogP contribution in [-0.2, 0) is 13.6 Å². The highest BCUT2D eigenvalue weighted by Crippen LogP contribution is 2.45. The van der Waals surface area contributed by atoms with Crippen LogP contribution in [0.15, 0.2) is 35.5 Å². The second-order valence-corrected chi connectivity index (χ2v) is 12.4. The molecule has 0 fully saturated rings. The standard InChI is InChI=1S/C22H32N5O4PS2/c1-13(2)11-17(12-30-32(28,29)31-14(3)4)24-19-18-20(25-21(23)34-18)27-22(26-19)33-15(5)16-9-7-6-8-10-16/h6-10,13-15,17H,11-12H2,1-5H3,(H,28,29)(H3,23,24,25,26,27). The van der Waals surface area contributed by atoms with Gasteiger partial charge in [-0.25, -0.2) is 19.5 Å². The van der Waals surface area contributed by atoms with Gasteiger partial charge in [-0.05, 0) is 38.7 Å². The number of thiazole rings is 1. The van der Waals surface area contributed by atoms with Gasteiger partial charge in [0.15, 0.2) is 21.8 Å². The molecule has 34 heavy (non-hydrogen) atoms. The molecule has 1 aromatic carbocycles. The van der Waals surface area contributed by atoms with Crippen LogP contribution in [0.4, 0.5) is 10.9 Å². The van der Waals surface area contributed by atoms with Gasteiger partial charge in [-0.15, -0.1) is 0 Å². The van der Waals surface area contributed by atoms with Gasteiger partial charge in [-0.1, -0.05) is 67.3 Å². The zero-order valence-electron chi connectivity index (χ0n) is 20.0. The maximum absolute atomic E-state index is 12.2. The fourth-order valence-electron chi connectivity index (χ4n) is 3.33. The molecule has 3 rings (SSSR count). The maximum atomic E-state index is 12.2. The Morgan fingerprint density at radius 1 is 1.15 bits per heavy atom. The molecule has 0 aliphatic carbocycles. The summed E-state index contributed by atoms with van der Waals surface area (Å²) in [5.74, 6) is 0.884. The number of rotatable bonds is 12. The van der Waals surface area contributed by atoms with Crippen LogP contribution in [0.25, 0.3) is 10.3 Å². The van der Waals surface area contributed by atoms with E-state index < -0.39 is 13.9 Å². The third kappa shape index (κ3) is 7.90. The Kier molecular flexibility index (Phi) is 9.31. The summed E-state index contributed by atoms with van der Waals surface area (Å²) in [5, 5.41) is 4.48. The molecule has 0 saturated carbocycles. The fraction of sp³-hybridized carbons (Fsp3) is 0.500. The highest BCUT2D eigenvalue weighted by molar-refractivity contribution is 7.99. The van der Waals surface area contributed by atoms with E-state index in [-0.39, 0.29) is 17.9 Å². The SMILES string of the molecule is CC(C)CC(COP(=O)(O)OC(C)C)Nc1nc(SC(C)c2ccccc2)nc2nc(N)sc12. The number of anilines is 2. The molecule has 0 spiro atoms. The molecular formula is C22H32N5O4PS2. The fourth-order valence-corrected chi connectivity index (χ4v) is 5.91. The molecule has 186 valence electrons. The van der Waals surface area contributed by atoms with E-state index >= 15 is 0 Å². The lowest BCUT2D eigenvalue weighted by atomic mass is 10.0. The number of nitrogen functional groups attached to an aromatic ring is 1. The maximum Gasteiger partial charge on any atom is 0.472 e. The summed E-state index contributed by atoms with van der Waals surface area (Å²) in [6.07, 6.45) is 0.254. The van der Waals surface area contributed by atoms with Crippen molar-refractivity contribution in [3.63, 3.8) is 0 Å². The quantitative estimate of drug-likeness (QED) is 0.149. The van der Waals surface area contributed by atoms with E-state index in [1.54, 1.807) is 13.8 Å². The van der Waals surface area contributed by atoms with Crippen molar-refractivity contribution < 1.29 is 18.5 Å². The Bertz CT molecular complexity index is 1130.